The van der Waals surface area contributed by atoms with E-state index in [0.29, 0.717) is 5.69 Å². The number of amides is 1. The van der Waals surface area contributed by atoms with Gasteiger partial charge in [0, 0.05) is 5.69 Å². The molecule has 0 saturated heterocycles. The van der Waals surface area contributed by atoms with Crippen LogP contribution in [0.15, 0.2) is 23.1 Å². The van der Waals surface area contributed by atoms with Crippen LogP contribution in [-0.4, -0.2) is 14.3 Å². The molecule has 0 aliphatic heterocycles. The summed E-state index contributed by atoms with van der Waals surface area (Å²) >= 11 is 0. The van der Waals surface area contributed by atoms with Gasteiger partial charge < -0.3 is 5.32 Å². The van der Waals surface area contributed by atoms with Crippen LogP contribution < -0.4 is 10.5 Å². The SMILES string of the molecule is CC#CC(=O)Nc1cc(S(N)(=O)=O)ccc1C. The van der Waals surface area contributed by atoms with Crippen LogP contribution in [0.5, 0.6) is 0 Å². The third-order valence-corrected chi connectivity index (χ3v) is 2.94. The Labute approximate surface area is 100 Å². The van der Waals surface area contributed by atoms with Gasteiger partial charge in [-0.3, -0.25) is 4.79 Å². The van der Waals surface area contributed by atoms with Gasteiger partial charge in [0.25, 0.3) is 5.91 Å². The first-order valence-electron chi connectivity index (χ1n) is 4.72. The normalized spacial score (nSPS) is 10.3. The number of carbonyl (C=O) groups excluding carboxylic acids is 1. The molecule has 0 fully saturated rings. The number of carbonyl (C=O) groups is 1. The maximum Gasteiger partial charge on any atom is 0.300 e. The molecule has 0 atom stereocenters. The smallest absolute Gasteiger partial charge is 0.300 e. The van der Waals surface area contributed by atoms with Gasteiger partial charge in [0.15, 0.2) is 0 Å². The predicted octanol–water partition coefficient (Wildman–Crippen LogP) is 0.604. The second kappa shape index (κ2) is 4.99. The molecular formula is C11H12N2O3S. The third-order valence-electron chi connectivity index (χ3n) is 2.02. The Morgan fingerprint density at radius 3 is 2.59 bits per heavy atom. The second-order valence-electron chi connectivity index (χ2n) is 3.35. The molecule has 5 nitrogen and oxygen atoms in total. The number of sulfonamides is 1. The summed E-state index contributed by atoms with van der Waals surface area (Å²) in [4.78, 5) is 11.2. The van der Waals surface area contributed by atoms with Crippen LogP contribution in [0.1, 0.15) is 12.5 Å². The topological polar surface area (TPSA) is 89.3 Å². The largest absolute Gasteiger partial charge is 0.315 e. The van der Waals surface area contributed by atoms with Crippen molar-refractivity contribution in [2.24, 2.45) is 5.14 Å². The summed E-state index contributed by atoms with van der Waals surface area (Å²) < 4.78 is 22.3. The second-order valence-corrected chi connectivity index (χ2v) is 4.91. The van der Waals surface area contributed by atoms with E-state index in [1.165, 1.54) is 19.1 Å². The van der Waals surface area contributed by atoms with E-state index in [0.717, 1.165) is 5.56 Å². The highest BCUT2D eigenvalue weighted by Crippen LogP contribution is 2.19. The zero-order valence-electron chi connectivity index (χ0n) is 9.44. The molecule has 1 aromatic rings. The number of primary sulfonamides is 1. The molecule has 0 spiro atoms. The fourth-order valence-electron chi connectivity index (χ4n) is 1.18. The van der Waals surface area contributed by atoms with Crippen molar-refractivity contribution < 1.29 is 13.2 Å². The van der Waals surface area contributed by atoms with Gasteiger partial charge in [-0.15, -0.1) is 0 Å². The van der Waals surface area contributed by atoms with Gasteiger partial charge in [0.2, 0.25) is 10.0 Å². The van der Waals surface area contributed by atoms with Crippen molar-refractivity contribution in [3.8, 4) is 11.8 Å². The summed E-state index contributed by atoms with van der Waals surface area (Å²) in [7, 11) is -3.78. The fraction of sp³-hybridized carbons (Fsp3) is 0.182. The maximum absolute atomic E-state index is 11.3. The molecule has 17 heavy (non-hydrogen) atoms. The summed E-state index contributed by atoms with van der Waals surface area (Å²) in [6.07, 6.45) is 0. The quantitative estimate of drug-likeness (QED) is 0.755. The van der Waals surface area contributed by atoms with E-state index in [9.17, 15) is 13.2 Å². The Hall–Kier alpha value is -1.84. The number of benzene rings is 1. The summed E-state index contributed by atoms with van der Waals surface area (Å²) in [5.41, 5.74) is 1.10. The van der Waals surface area contributed by atoms with Gasteiger partial charge in [0.05, 0.1) is 4.90 Å². The minimum Gasteiger partial charge on any atom is -0.315 e. The van der Waals surface area contributed by atoms with Crippen LogP contribution in [0, 0.1) is 18.8 Å². The maximum atomic E-state index is 11.3. The van der Waals surface area contributed by atoms with Crippen LogP contribution in [0.2, 0.25) is 0 Å². The molecule has 0 unspecified atom stereocenters. The number of nitrogens with one attached hydrogen (secondary N) is 1. The average molecular weight is 252 g/mol. The van der Waals surface area contributed by atoms with Crippen molar-refractivity contribution in [2.45, 2.75) is 18.7 Å². The van der Waals surface area contributed by atoms with E-state index in [-0.39, 0.29) is 4.90 Å². The van der Waals surface area contributed by atoms with E-state index in [2.05, 4.69) is 17.2 Å². The van der Waals surface area contributed by atoms with Crippen molar-refractivity contribution in [3.05, 3.63) is 23.8 Å². The molecule has 0 saturated carbocycles. The Morgan fingerprint density at radius 2 is 2.06 bits per heavy atom. The van der Waals surface area contributed by atoms with Crippen LogP contribution >= 0.6 is 0 Å². The number of nitrogens with two attached hydrogens (primary N) is 1. The molecule has 1 rings (SSSR count). The summed E-state index contributed by atoms with van der Waals surface area (Å²) in [6.45, 7) is 3.27. The molecular weight excluding hydrogens is 240 g/mol. The van der Waals surface area contributed by atoms with E-state index < -0.39 is 15.9 Å². The lowest BCUT2D eigenvalue weighted by atomic mass is 10.2. The van der Waals surface area contributed by atoms with E-state index in [4.69, 9.17) is 5.14 Å². The monoisotopic (exact) mass is 252 g/mol. The Morgan fingerprint density at radius 1 is 1.41 bits per heavy atom. The highest BCUT2D eigenvalue weighted by Gasteiger charge is 2.10. The first-order valence-corrected chi connectivity index (χ1v) is 6.26. The van der Waals surface area contributed by atoms with E-state index in [1.807, 2.05) is 0 Å². The van der Waals surface area contributed by atoms with Crippen molar-refractivity contribution in [2.75, 3.05) is 5.32 Å². The number of anilines is 1. The third kappa shape index (κ3) is 3.59. The van der Waals surface area contributed by atoms with Crippen LogP contribution in [-0.2, 0) is 14.8 Å². The van der Waals surface area contributed by atoms with Crippen molar-refractivity contribution >= 4 is 21.6 Å². The minimum atomic E-state index is -3.78. The molecule has 0 aliphatic rings. The lowest BCUT2D eigenvalue weighted by molar-refractivity contribution is -0.111. The highest BCUT2D eigenvalue weighted by atomic mass is 32.2. The summed E-state index contributed by atoms with van der Waals surface area (Å²) in [5.74, 6) is 4.25. The summed E-state index contributed by atoms with van der Waals surface area (Å²) in [6, 6.07) is 4.25. The van der Waals surface area contributed by atoms with E-state index in [1.54, 1.807) is 13.0 Å². The van der Waals surface area contributed by atoms with Gasteiger partial charge in [-0.25, -0.2) is 13.6 Å². The fourth-order valence-corrected chi connectivity index (χ4v) is 1.72. The highest BCUT2D eigenvalue weighted by molar-refractivity contribution is 7.89. The van der Waals surface area contributed by atoms with Gasteiger partial charge in [-0.2, -0.15) is 0 Å². The molecule has 0 heterocycles. The Balaban J connectivity index is 3.15. The van der Waals surface area contributed by atoms with Gasteiger partial charge in [-0.05, 0) is 37.5 Å². The average Bonchev–Trinajstić information content (AvgIpc) is 2.20. The molecule has 90 valence electrons. The zero-order chi connectivity index (χ0) is 13.1. The molecule has 3 N–H and O–H groups in total. The van der Waals surface area contributed by atoms with E-state index >= 15 is 0 Å². The molecule has 0 aromatic heterocycles. The molecule has 0 radical (unpaired) electrons. The summed E-state index contributed by atoms with van der Waals surface area (Å²) in [5, 5.41) is 7.49. The molecule has 0 aliphatic carbocycles. The molecule has 1 amide bonds. The number of hydrogen-bond acceptors (Lipinski definition) is 3. The van der Waals surface area contributed by atoms with Gasteiger partial charge in [0.1, 0.15) is 0 Å². The number of aryl methyl sites for hydroxylation is 1. The molecule has 0 bridgehead atoms. The van der Waals surface area contributed by atoms with Gasteiger partial charge >= 0.3 is 0 Å². The number of hydrogen-bond donors (Lipinski definition) is 2. The first kappa shape index (κ1) is 13.2. The van der Waals surface area contributed by atoms with Crippen molar-refractivity contribution in [1.82, 2.24) is 0 Å². The lowest BCUT2D eigenvalue weighted by Crippen LogP contribution is -2.14. The standard InChI is InChI=1S/C11H12N2O3S/c1-3-4-11(14)13-10-7-9(17(12,15)16)6-5-8(10)2/h5-7H,1-2H3,(H,13,14)(H2,12,15,16). The zero-order valence-corrected chi connectivity index (χ0v) is 10.3. The Bertz CT molecular complexity index is 609. The number of rotatable bonds is 2. The lowest BCUT2D eigenvalue weighted by Gasteiger charge is -2.07. The first-order chi connectivity index (χ1) is 7.84. The van der Waals surface area contributed by atoms with Crippen molar-refractivity contribution in [1.29, 1.82) is 0 Å². The van der Waals surface area contributed by atoms with Crippen LogP contribution in [0.3, 0.4) is 0 Å². The molecule has 6 heteroatoms. The van der Waals surface area contributed by atoms with Crippen LogP contribution in [0.4, 0.5) is 5.69 Å². The Kier molecular flexibility index (Phi) is 3.89. The van der Waals surface area contributed by atoms with Gasteiger partial charge in [-0.1, -0.05) is 12.0 Å². The van der Waals surface area contributed by atoms with Crippen LogP contribution in [0.25, 0.3) is 0 Å². The molecule has 1 aromatic carbocycles. The predicted molar refractivity (Wildman–Crippen MR) is 64.6 cm³/mol. The minimum absolute atomic E-state index is 0.0529. The van der Waals surface area contributed by atoms with Crippen molar-refractivity contribution in [3.63, 3.8) is 0 Å².